The van der Waals surface area contributed by atoms with Crippen molar-refractivity contribution in [3.63, 3.8) is 0 Å². The molecule has 0 amide bonds. The van der Waals surface area contributed by atoms with Crippen molar-refractivity contribution in [2.24, 2.45) is 11.7 Å². The number of hydrogen-bond donors (Lipinski definition) is 1. The lowest BCUT2D eigenvalue weighted by atomic mass is 9.77. The Kier molecular flexibility index (Phi) is 3.57. The van der Waals surface area contributed by atoms with Crippen molar-refractivity contribution in [1.29, 1.82) is 0 Å². The SMILES string of the molecule is NC1(c2nc3c(s2)CCCC3)CCC(C(F)(F)F)CC1. The standard InChI is InChI=1S/C14H19F3N2S/c15-14(16,17)9-5-7-13(18,8-6-9)12-19-10-3-1-2-4-11(10)20-12/h9H,1-8,18H2. The van der Waals surface area contributed by atoms with E-state index in [2.05, 4.69) is 4.98 Å². The van der Waals surface area contributed by atoms with E-state index in [1.807, 2.05) is 0 Å². The number of thiazole rings is 1. The predicted octanol–water partition coefficient (Wildman–Crippen LogP) is 3.93. The normalized spacial score (nSPS) is 31.1. The average molecular weight is 304 g/mol. The van der Waals surface area contributed by atoms with E-state index in [1.54, 1.807) is 11.3 Å². The molecule has 2 nitrogen and oxygen atoms in total. The first-order chi connectivity index (χ1) is 9.38. The van der Waals surface area contributed by atoms with Crippen LogP contribution in [0.25, 0.3) is 0 Å². The van der Waals surface area contributed by atoms with Gasteiger partial charge in [-0.05, 0) is 51.4 Å². The number of nitrogens with two attached hydrogens (primary N) is 1. The maximum absolute atomic E-state index is 12.7. The molecule has 1 aromatic rings. The number of rotatable bonds is 1. The average Bonchev–Trinajstić information content (AvgIpc) is 2.82. The zero-order valence-corrected chi connectivity index (χ0v) is 12.1. The van der Waals surface area contributed by atoms with E-state index in [-0.39, 0.29) is 12.8 Å². The predicted molar refractivity (Wildman–Crippen MR) is 72.6 cm³/mol. The molecule has 1 saturated carbocycles. The van der Waals surface area contributed by atoms with Crippen LogP contribution in [0, 0.1) is 5.92 Å². The van der Waals surface area contributed by atoms with Gasteiger partial charge in [0.05, 0.1) is 17.2 Å². The molecule has 6 heteroatoms. The van der Waals surface area contributed by atoms with Gasteiger partial charge in [0, 0.05) is 4.88 Å². The summed E-state index contributed by atoms with van der Waals surface area (Å²) in [7, 11) is 0. The lowest BCUT2D eigenvalue weighted by Crippen LogP contribution is -2.43. The van der Waals surface area contributed by atoms with E-state index in [0.29, 0.717) is 12.8 Å². The summed E-state index contributed by atoms with van der Waals surface area (Å²) in [6.07, 6.45) is 1.35. The van der Waals surface area contributed by atoms with Crippen molar-refractivity contribution in [1.82, 2.24) is 4.98 Å². The quantitative estimate of drug-likeness (QED) is 0.854. The molecule has 1 aromatic heterocycles. The second kappa shape index (κ2) is 4.98. The van der Waals surface area contributed by atoms with Gasteiger partial charge in [-0.25, -0.2) is 4.98 Å². The molecule has 2 aliphatic carbocycles. The second-order valence-corrected chi connectivity index (χ2v) is 7.15. The zero-order valence-electron chi connectivity index (χ0n) is 11.3. The first kappa shape index (κ1) is 14.3. The zero-order chi connectivity index (χ0) is 14.4. The summed E-state index contributed by atoms with van der Waals surface area (Å²) in [5.74, 6) is -1.19. The molecule has 0 unspecified atom stereocenters. The van der Waals surface area contributed by atoms with Crippen LogP contribution in [-0.2, 0) is 18.4 Å². The smallest absolute Gasteiger partial charge is 0.319 e. The molecule has 112 valence electrons. The third kappa shape index (κ3) is 2.60. The summed E-state index contributed by atoms with van der Waals surface area (Å²) in [6, 6.07) is 0. The molecule has 2 aliphatic rings. The van der Waals surface area contributed by atoms with Gasteiger partial charge in [-0.3, -0.25) is 0 Å². The highest BCUT2D eigenvalue weighted by Crippen LogP contribution is 2.45. The van der Waals surface area contributed by atoms with E-state index >= 15 is 0 Å². The van der Waals surface area contributed by atoms with Gasteiger partial charge in [-0.2, -0.15) is 13.2 Å². The minimum atomic E-state index is -4.08. The van der Waals surface area contributed by atoms with Crippen molar-refractivity contribution < 1.29 is 13.2 Å². The summed E-state index contributed by atoms with van der Waals surface area (Å²) in [5.41, 5.74) is 6.88. The third-order valence-corrected chi connectivity index (χ3v) is 5.99. The highest BCUT2D eigenvalue weighted by Gasteiger charge is 2.46. The first-order valence-corrected chi connectivity index (χ1v) is 8.05. The van der Waals surface area contributed by atoms with Gasteiger partial charge in [-0.1, -0.05) is 0 Å². The molecule has 0 atom stereocenters. The molecule has 0 aromatic carbocycles. The van der Waals surface area contributed by atoms with Gasteiger partial charge in [0.1, 0.15) is 5.01 Å². The summed E-state index contributed by atoms with van der Waals surface area (Å²) >= 11 is 1.63. The third-order valence-electron chi connectivity index (χ3n) is 4.61. The van der Waals surface area contributed by atoms with Crippen LogP contribution in [0.4, 0.5) is 13.2 Å². The Balaban J connectivity index is 1.76. The largest absolute Gasteiger partial charge is 0.391 e. The van der Waals surface area contributed by atoms with Crippen molar-refractivity contribution in [3.8, 4) is 0 Å². The number of alkyl halides is 3. The lowest BCUT2D eigenvalue weighted by molar-refractivity contribution is -0.184. The van der Waals surface area contributed by atoms with Crippen LogP contribution in [0.3, 0.4) is 0 Å². The van der Waals surface area contributed by atoms with Crippen molar-refractivity contribution >= 4 is 11.3 Å². The van der Waals surface area contributed by atoms with Crippen LogP contribution < -0.4 is 5.73 Å². The summed E-state index contributed by atoms with van der Waals surface area (Å²) in [6.45, 7) is 0. The summed E-state index contributed by atoms with van der Waals surface area (Å²) < 4.78 is 38.2. The van der Waals surface area contributed by atoms with Gasteiger partial charge in [0.25, 0.3) is 0 Å². The van der Waals surface area contributed by atoms with E-state index in [0.717, 1.165) is 30.0 Å². The van der Waals surface area contributed by atoms with Gasteiger partial charge >= 0.3 is 6.18 Å². The van der Waals surface area contributed by atoms with Crippen LogP contribution in [-0.4, -0.2) is 11.2 Å². The van der Waals surface area contributed by atoms with E-state index in [4.69, 9.17) is 5.73 Å². The minimum absolute atomic E-state index is 0.129. The van der Waals surface area contributed by atoms with Gasteiger partial charge in [-0.15, -0.1) is 11.3 Å². The van der Waals surface area contributed by atoms with Crippen molar-refractivity contribution in [3.05, 3.63) is 15.6 Å². The molecule has 0 spiro atoms. The molecular formula is C14H19F3N2S. The van der Waals surface area contributed by atoms with Crippen LogP contribution in [0.1, 0.15) is 54.1 Å². The van der Waals surface area contributed by atoms with Crippen molar-refractivity contribution in [2.75, 3.05) is 0 Å². The molecule has 0 aliphatic heterocycles. The summed E-state index contributed by atoms with van der Waals surface area (Å²) in [5, 5.41) is 0.866. The molecule has 20 heavy (non-hydrogen) atoms. The molecule has 1 heterocycles. The Hall–Kier alpha value is -0.620. The number of nitrogens with zero attached hydrogens (tertiary/aromatic N) is 1. The maximum atomic E-state index is 12.7. The van der Waals surface area contributed by atoms with Crippen molar-refractivity contribution in [2.45, 2.75) is 63.1 Å². The highest BCUT2D eigenvalue weighted by atomic mass is 32.1. The molecular weight excluding hydrogens is 285 g/mol. The number of aryl methyl sites for hydroxylation is 2. The fourth-order valence-electron chi connectivity index (χ4n) is 3.24. The topological polar surface area (TPSA) is 38.9 Å². The monoisotopic (exact) mass is 304 g/mol. The Morgan fingerprint density at radius 1 is 1.15 bits per heavy atom. The first-order valence-electron chi connectivity index (χ1n) is 7.23. The Morgan fingerprint density at radius 2 is 1.80 bits per heavy atom. The molecule has 0 saturated heterocycles. The maximum Gasteiger partial charge on any atom is 0.391 e. The number of hydrogen-bond acceptors (Lipinski definition) is 3. The molecule has 1 fully saturated rings. The molecule has 0 bridgehead atoms. The van der Waals surface area contributed by atoms with Crippen LogP contribution in [0.2, 0.25) is 0 Å². The number of aromatic nitrogens is 1. The van der Waals surface area contributed by atoms with Gasteiger partial charge in [0.2, 0.25) is 0 Å². The second-order valence-electron chi connectivity index (χ2n) is 6.07. The van der Waals surface area contributed by atoms with E-state index in [9.17, 15) is 13.2 Å². The van der Waals surface area contributed by atoms with Gasteiger partial charge in [0.15, 0.2) is 0 Å². The number of fused-ring (bicyclic) bond motifs is 1. The van der Waals surface area contributed by atoms with Crippen LogP contribution in [0.5, 0.6) is 0 Å². The fraction of sp³-hybridized carbons (Fsp3) is 0.786. The van der Waals surface area contributed by atoms with E-state index < -0.39 is 17.6 Å². The highest BCUT2D eigenvalue weighted by molar-refractivity contribution is 7.11. The Labute approximate surface area is 120 Å². The Bertz CT molecular complexity index is 464. The fourth-order valence-corrected chi connectivity index (χ4v) is 4.55. The molecule has 3 rings (SSSR count). The number of halogens is 3. The van der Waals surface area contributed by atoms with Crippen LogP contribution in [0.15, 0.2) is 0 Å². The van der Waals surface area contributed by atoms with Gasteiger partial charge < -0.3 is 5.73 Å². The minimum Gasteiger partial charge on any atom is -0.319 e. The van der Waals surface area contributed by atoms with Crippen LogP contribution >= 0.6 is 11.3 Å². The van der Waals surface area contributed by atoms with E-state index in [1.165, 1.54) is 11.3 Å². The molecule has 2 N–H and O–H groups in total. The molecule has 0 radical (unpaired) electrons. The lowest BCUT2D eigenvalue weighted by Gasteiger charge is -2.36. The Morgan fingerprint density at radius 3 is 2.40 bits per heavy atom. The summed E-state index contributed by atoms with van der Waals surface area (Å²) in [4.78, 5) is 5.95.